The number of hydrogen-bond donors (Lipinski definition) is 1. The first-order valence-corrected chi connectivity index (χ1v) is 19.8. The van der Waals surface area contributed by atoms with E-state index in [1.807, 2.05) is 48.5 Å². The summed E-state index contributed by atoms with van der Waals surface area (Å²) in [6.07, 6.45) is -0.779. The first kappa shape index (κ1) is 31.8. The molecule has 0 spiro atoms. The highest BCUT2D eigenvalue weighted by atomic mass is 79.9. The van der Waals surface area contributed by atoms with Crippen molar-refractivity contribution in [1.29, 1.82) is 0 Å². The molecule has 0 aliphatic carbocycles. The second kappa shape index (κ2) is 11.4. The molecule has 2 saturated heterocycles. The SMILES string of the molecule is CC(C)(C)[Si](OC[C@@H]1NC(=O)C2C[C@@]3(Br)c4ccccc4N(S(=O)(=O)c4ccccc4)[C@H]3N2C1=O)(c1ccccc1)c1ccccc1. The number of halogens is 1. The number of carbonyl (C=O) groups excluding carboxylic acids is 2. The lowest BCUT2D eigenvalue weighted by Crippen LogP contribution is -2.70. The van der Waals surface area contributed by atoms with Crippen LogP contribution in [-0.2, 0) is 28.4 Å². The maximum Gasteiger partial charge on any atom is 0.266 e. The molecule has 1 N–H and O–H groups in total. The van der Waals surface area contributed by atoms with Gasteiger partial charge in [-0.15, -0.1) is 0 Å². The highest BCUT2D eigenvalue weighted by molar-refractivity contribution is 9.09. The lowest BCUT2D eigenvalue weighted by atomic mass is 9.95. The van der Waals surface area contributed by atoms with E-state index in [0.717, 1.165) is 15.9 Å². The Morgan fingerprint density at radius 2 is 1.38 bits per heavy atom. The fraction of sp³-hybridized carbons (Fsp3) is 0.278. The van der Waals surface area contributed by atoms with Gasteiger partial charge in [-0.05, 0) is 39.2 Å². The minimum Gasteiger partial charge on any atom is -0.405 e. The van der Waals surface area contributed by atoms with Crippen LogP contribution in [-0.4, -0.2) is 58.3 Å². The fourth-order valence-electron chi connectivity index (χ4n) is 7.63. The first-order valence-electron chi connectivity index (χ1n) is 15.7. The van der Waals surface area contributed by atoms with Crippen LogP contribution in [0.5, 0.6) is 0 Å². The second-order valence-electron chi connectivity index (χ2n) is 13.4. The Morgan fingerprint density at radius 1 is 0.851 bits per heavy atom. The lowest BCUT2D eigenvalue weighted by Gasteiger charge is -2.45. The van der Waals surface area contributed by atoms with Gasteiger partial charge in [0.15, 0.2) is 0 Å². The summed E-state index contributed by atoms with van der Waals surface area (Å²) in [5.41, 5.74) is 1.20. The Kier molecular flexibility index (Phi) is 7.74. The summed E-state index contributed by atoms with van der Waals surface area (Å²) in [6.45, 7) is 6.39. The van der Waals surface area contributed by atoms with Gasteiger partial charge < -0.3 is 14.6 Å². The summed E-state index contributed by atoms with van der Waals surface area (Å²) in [6, 6.07) is 33.8. The van der Waals surface area contributed by atoms with Crippen molar-refractivity contribution in [3.63, 3.8) is 0 Å². The van der Waals surface area contributed by atoms with Crippen molar-refractivity contribution < 1.29 is 22.4 Å². The number of benzene rings is 4. The molecule has 3 heterocycles. The maximum absolute atomic E-state index is 14.6. The van der Waals surface area contributed by atoms with Gasteiger partial charge in [-0.2, -0.15) is 0 Å². The van der Waals surface area contributed by atoms with E-state index < -0.39 is 40.9 Å². The van der Waals surface area contributed by atoms with Crippen LogP contribution < -0.4 is 20.0 Å². The molecule has 3 aliphatic rings. The molecule has 242 valence electrons. The molecule has 0 bridgehead atoms. The average molecular weight is 731 g/mol. The Bertz CT molecular complexity index is 1900. The highest BCUT2D eigenvalue weighted by Crippen LogP contribution is 2.59. The normalized spacial score (nSPS) is 24.0. The molecule has 7 rings (SSSR count). The van der Waals surface area contributed by atoms with Crippen molar-refractivity contribution in [3.8, 4) is 0 Å². The molecular weight excluding hydrogens is 694 g/mol. The van der Waals surface area contributed by atoms with E-state index in [1.54, 1.807) is 42.5 Å². The molecule has 0 radical (unpaired) electrons. The van der Waals surface area contributed by atoms with Crippen molar-refractivity contribution in [2.24, 2.45) is 0 Å². The summed E-state index contributed by atoms with van der Waals surface area (Å²) in [5, 5.41) is 4.73. The van der Waals surface area contributed by atoms with Gasteiger partial charge in [0.05, 0.1) is 21.5 Å². The number of hydrogen-bond acceptors (Lipinski definition) is 5. The highest BCUT2D eigenvalue weighted by Gasteiger charge is 2.67. The van der Waals surface area contributed by atoms with E-state index in [2.05, 4.69) is 66.3 Å². The summed E-state index contributed by atoms with van der Waals surface area (Å²) in [5.74, 6) is -0.705. The molecule has 11 heteroatoms. The third kappa shape index (κ3) is 4.81. The van der Waals surface area contributed by atoms with Crippen molar-refractivity contribution in [1.82, 2.24) is 10.2 Å². The van der Waals surface area contributed by atoms with E-state index in [1.165, 1.54) is 9.21 Å². The number of amides is 2. The van der Waals surface area contributed by atoms with Gasteiger partial charge in [-0.3, -0.25) is 9.59 Å². The monoisotopic (exact) mass is 729 g/mol. The van der Waals surface area contributed by atoms with Crippen molar-refractivity contribution >= 4 is 62.1 Å². The number of piperazine rings is 1. The van der Waals surface area contributed by atoms with Gasteiger partial charge in [0.25, 0.3) is 18.3 Å². The lowest BCUT2D eigenvalue weighted by molar-refractivity contribution is -0.149. The second-order valence-corrected chi connectivity index (χ2v) is 20.9. The predicted molar refractivity (Wildman–Crippen MR) is 188 cm³/mol. The summed E-state index contributed by atoms with van der Waals surface area (Å²) in [7, 11) is -7.16. The number of nitrogens with zero attached hydrogens (tertiary/aromatic N) is 2. The van der Waals surface area contributed by atoms with Crippen LogP contribution in [0.25, 0.3) is 0 Å². The van der Waals surface area contributed by atoms with E-state index in [9.17, 15) is 18.0 Å². The summed E-state index contributed by atoms with van der Waals surface area (Å²) < 4.78 is 36.1. The van der Waals surface area contributed by atoms with Gasteiger partial charge in [0, 0.05) is 6.42 Å². The Morgan fingerprint density at radius 3 is 1.96 bits per heavy atom. The topological polar surface area (TPSA) is 96.0 Å². The summed E-state index contributed by atoms with van der Waals surface area (Å²) >= 11 is 3.90. The Hall–Kier alpha value is -3.77. The third-order valence-corrected chi connectivity index (χ3v) is 17.6. The van der Waals surface area contributed by atoms with Gasteiger partial charge in [-0.25, -0.2) is 12.7 Å². The van der Waals surface area contributed by atoms with Crippen molar-refractivity contribution in [3.05, 3.63) is 121 Å². The van der Waals surface area contributed by atoms with E-state index in [-0.39, 0.29) is 34.8 Å². The Labute approximate surface area is 285 Å². The zero-order valence-corrected chi connectivity index (χ0v) is 29.7. The third-order valence-electron chi connectivity index (χ3n) is 9.67. The number of para-hydroxylation sites is 1. The van der Waals surface area contributed by atoms with Crippen LogP contribution in [0.4, 0.5) is 5.69 Å². The molecule has 4 atom stereocenters. The number of carbonyl (C=O) groups is 2. The molecule has 0 saturated carbocycles. The zero-order valence-electron chi connectivity index (χ0n) is 26.3. The maximum atomic E-state index is 14.6. The number of alkyl halides is 1. The summed E-state index contributed by atoms with van der Waals surface area (Å²) in [4.78, 5) is 30.1. The first-order chi connectivity index (χ1) is 22.4. The van der Waals surface area contributed by atoms with Crippen LogP contribution in [0.2, 0.25) is 5.04 Å². The van der Waals surface area contributed by atoms with Crippen molar-refractivity contribution in [2.75, 3.05) is 10.9 Å². The van der Waals surface area contributed by atoms with E-state index >= 15 is 0 Å². The van der Waals surface area contributed by atoms with Crippen LogP contribution >= 0.6 is 15.9 Å². The van der Waals surface area contributed by atoms with Gasteiger partial charge in [0.2, 0.25) is 11.8 Å². The number of rotatable bonds is 7. The molecule has 1 unspecified atom stereocenters. The largest absolute Gasteiger partial charge is 0.405 e. The molecule has 47 heavy (non-hydrogen) atoms. The molecule has 4 aromatic rings. The molecular formula is C36H36BrN3O5SSi. The smallest absolute Gasteiger partial charge is 0.266 e. The van der Waals surface area contributed by atoms with E-state index in [0.29, 0.717) is 5.69 Å². The zero-order chi connectivity index (χ0) is 33.2. The van der Waals surface area contributed by atoms with Crippen LogP contribution in [0.3, 0.4) is 0 Å². The predicted octanol–water partition coefficient (Wildman–Crippen LogP) is 4.49. The van der Waals surface area contributed by atoms with Gasteiger partial charge in [0.1, 0.15) is 18.2 Å². The van der Waals surface area contributed by atoms with Crippen LogP contribution in [0.1, 0.15) is 32.8 Å². The molecule has 0 aromatic heterocycles. The fourth-order valence-corrected chi connectivity index (χ4v) is 15.1. The molecule has 3 aliphatic heterocycles. The number of fused-ring (bicyclic) bond motifs is 5. The standard InChI is InChI=1S/C36H36BrN3O5SSi/c1-35(2,3)47(26-17-9-5-10-18-26,27-19-11-6-12-20-27)45-24-29-33(42)39-31(32(41)38-29)23-36(37)28-21-13-14-22-30(28)40(34(36)39)46(43,44)25-15-7-4-8-16-25/h4-22,29,31,34H,23-24H2,1-3H3,(H,38,41)/t29-,31?,34+,36+/m0/s1. The van der Waals surface area contributed by atoms with E-state index in [4.69, 9.17) is 4.43 Å². The minimum absolute atomic E-state index is 0.0680. The number of anilines is 1. The Balaban J connectivity index is 1.29. The molecule has 2 fully saturated rings. The van der Waals surface area contributed by atoms with Crippen molar-refractivity contribution in [2.45, 2.75) is 59.7 Å². The molecule has 4 aromatic carbocycles. The van der Waals surface area contributed by atoms with Gasteiger partial charge >= 0.3 is 0 Å². The number of sulfonamides is 1. The molecule has 2 amide bonds. The minimum atomic E-state index is -4.13. The van der Waals surface area contributed by atoms with Gasteiger partial charge in [-0.1, -0.05) is 134 Å². The molecule has 8 nitrogen and oxygen atoms in total. The average Bonchev–Trinajstić information content (AvgIpc) is 3.52. The van der Waals surface area contributed by atoms with Crippen LogP contribution in [0.15, 0.2) is 120 Å². The van der Waals surface area contributed by atoms with Crippen LogP contribution in [0, 0.1) is 0 Å². The quantitative estimate of drug-likeness (QED) is 0.224. The number of nitrogens with one attached hydrogen (secondary N) is 1.